The number of nitrogens with one attached hydrogen (secondary N) is 1. The number of benzene rings is 1. The molecule has 4 heteroatoms. The molecular weight excluding hydrogens is 240 g/mol. The summed E-state index contributed by atoms with van der Waals surface area (Å²) in [6.45, 7) is 1.96. The number of anilines is 1. The summed E-state index contributed by atoms with van der Waals surface area (Å²) in [5.74, 6) is 1.23. The molecule has 2 aromatic rings. The van der Waals surface area contributed by atoms with Gasteiger partial charge >= 0.3 is 0 Å². The van der Waals surface area contributed by atoms with E-state index >= 15 is 0 Å². The van der Waals surface area contributed by atoms with Gasteiger partial charge in [-0.25, -0.2) is 4.98 Å². The molecule has 0 aliphatic rings. The van der Waals surface area contributed by atoms with E-state index in [9.17, 15) is 4.79 Å². The van der Waals surface area contributed by atoms with Crippen LogP contribution in [0.3, 0.4) is 0 Å². The average molecular weight is 256 g/mol. The Morgan fingerprint density at radius 3 is 2.89 bits per heavy atom. The topological polar surface area (TPSA) is 51.2 Å². The normalized spacial score (nSPS) is 10.0. The van der Waals surface area contributed by atoms with Gasteiger partial charge < -0.3 is 10.1 Å². The third kappa shape index (κ3) is 3.81. The molecule has 0 fully saturated rings. The minimum absolute atomic E-state index is 0.0913. The third-order valence-corrected chi connectivity index (χ3v) is 2.68. The van der Waals surface area contributed by atoms with Crippen LogP contribution in [0, 0.1) is 6.92 Å². The van der Waals surface area contributed by atoms with Crippen LogP contribution in [-0.4, -0.2) is 18.0 Å². The molecule has 1 amide bonds. The van der Waals surface area contributed by atoms with E-state index in [4.69, 9.17) is 4.74 Å². The number of amides is 1. The minimum atomic E-state index is -0.0913. The highest BCUT2D eigenvalue weighted by atomic mass is 16.5. The highest BCUT2D eigenvalue weighted by molar-refractivity contribution is 5.91. The monoisotopic (exact) mass is 256 g/mol. The van der Waals surface area contributed by atoms with Crippen LogP contribution in [0.5, 0.6) is 5.75 Å². The molecule has 0 bridgehead atoms. The molecule has 0 saturated carbocycles. The summed E-state index contributed by atoms with van der Waals surface area (Å²) in [6, 6.07) is 11.2. The lowest BCUT2D eigenvalue weighted by atomic mass is 10.1. The molecule has 0 spiro atoms. The lowest BCUT2D eigenvalue weighted by Crippen LogP contribution is -2.15. The van der Waals surface area contributed by atoms with Crippen LogP contribution in [0.25, 0.3) is 0 Å². The van der Waals surface area contributed by atoms with Gasteiger partial charge in [-0.15, -0.1) is 0 Å². The number of aryl methyl sites for hydroxylation is 1. The number of carbonyl (C=O) groups excluding carboxylic acids is 1. The van der Waals surface area contributed by atoms with Crippen molar-refractivity contribution in [2.75, 3.05) is 12.4 Å². The van der Waals surface area contributed by atoms with Crippen LogP contribution in [0.2, 0.25) is 0 Å². The second-order valence-electron chi connectivity index (χ2n) is 4.29. The Balaban J connectivity index is 2.01. The van der Waals surface area contributed by atoms with Crippen LogP contribution < -0.4 is 10.1 Å². The van der Waals surface area contributed by atoms with Gasteiger partial charge in [-0.3, -0.25) is 4.79 Å². The molecule has 0 atom stereocenters. The predicted octanol–water partition coefficient (Wildman–Crippen LogP) is 2.58. The van der Waals surface area contributed by atoms with E-state index in [1.165, 1.54) is 0 Å². The van der Waals surface area contributed by atoms with Crippen molar-refractivity contribution in [1.29, 1.82) is 0 Å². The highest BCUT2D eigenvalue weighted by Gasteiger charge is 2.05. The number of aromatic nitrogens is 1. The fourth-order valence-electron chi connectivity index (χ4n) is 1.76. The zero-order chi connectivity index (χ0) is 13.7. The van der Waals surface area contributed by atoms with E-state index in [1.54, 1.807) is 13.3 Å². The summed E-state index contributed by atoms with van der Waals surface area (Å²) in [5.41, 5.74) is 1.97. The van der Waals surface area contributed by atoms with Gasteiger partial charge in [0.25, 0.3) is 0 Å². The van der Waals surface area contributed by atoms with Crippen molar-refractivity contribution >= 4 is 11.7 Å². The zero-order valence-electron chi connectivity index (χ0n) is 11.0. The second kappa shape index (κ2) is 6.00. The van der Waals surface area contributed by atoms with Crippen LogP contribution in [-0.2, 0) is 11.2 Å². The lowest BCUT2D eigenvalue weighted by molar-refractivity contribution is -0.115. The zero-order valence-corrected chi connectivity index (χ0v) is 11.0. The van der Waals surface area contributed by atoms with Gasteiger partial charge in [-0.1, -0.05) is 12.1 Å². The standard InChI is InChI=1S/C15H16N2O2/c1-11-6-7-16-14(8-11)17-15(18)10-12-4-3-5-13(9-12)19-2/h3-9H,10H2,1-2H3,(H,16,17,18). The van der Waals surface area contributed by atoms with Gasteiger partial charge in [-0.05, 0) is 42.3 Å². The summed E-state index contributed by atoms with van der Waals surface area (Å²) >= 11 is 0. The van der Waals surface area contributed by atoms with E-state index in [2.05, 4.69) is 10.3 Å². The number of pyridine rings is 1. The van der Waals surface area contributed by atoms with E-state index in [1.807, 2.05) is 43.3 Å². The first-order valence-electron chi connectivity index (χ1n) is 6.03. The number of rotatable bonds is 4. The van der Waals surface area contributed by atoms with Gasteiger partial charge in [0, 0.05) is 6.20 Å². The quantitative estimate of drug-likeness (QED) is 0.914. The van der Waals surface area contributed by atoms with E-state index in [-0.39, 0.29) is 5.91 Å². The molecule has 0 aliphatic carbocycles. The van der Waals surface area contributed by atoms with Gasteiger partial charge in [0.1, 0.15) is 11.6 Å². The van der Waals surface area contributed by atoms with E-state index in [0.29, 0.717) is 12.2 Å². The first-order valence-corrected chi connectivity index (χ1v) is 6.03. The molecule has 1 N–H and O–H groups in total. The molecule has 0 unspecified atom stereocenters. The lowest BCUT2D eigenvalue weighted by Gasteiger charge is -2.06. The number of carbonyl (C=O) groups is 1. The van der Waals surface area contributed by atoms with Crippen LogP contribution >= 0.6 is 0 Å². The van der Waals surface area contributed by atoms with Crippen LogP contribution in [0.15, 0.2) is 42.6 Å². The summed E-state index contributed by atoms with van der Waals surface area (Å²) in [7, 11) is 1.61. The molecule has 1 heterocycles. The van der Waals surface area contributed by atoms with Gasteiger partial charge in [-0.2, -0.15) is 0 Å². The van der Waals surface area contributed by atoms with Crippen LogP contribution in [0.1, 0.15) is 11.1 Å². The van der Waals surface area contributed by atoms with Crippen molar-refractivity contribution in [3.8, 4) is 5.75 Å². The van der Waals surface area contributed by atoms with E-state index in [0.717, 1.165) is 16.9 Å². The number of hydrogen-bond acceptors (Lipinski definition) is 3. The maximum absolute atomic E-state index is 11.9. The molecule has 0 radical (unpaired) electrons. The van der Waals surface area contributed by atoms with Gasteiger partial charge in [0.15, 0.2) is 0 Å². The smallest absolute Gasteiger partial charge is 0.229 e. The van der Waals surface area contributed by atoms with Gasteiger partial charge in [0.2, 0.25) is 5.91 Å². The van der Waals surface area contributed by atoms with Crippen molar-refractivity contribution in [2.45, 2.75) is 13.3 Å². The molecule has 0 aliphatic heterocycles. The van der Waals surface area contributed by atoms with Crippen molar-refractivity contribution in [3.63, 3.8) is 0 Å². The molecule has 0 saturated heterocycles. The van der Waals surface area contributed by atoms with Gasteiger partial charge in [0.05, 0.1) is 13.5 Å². The average Bonchev–Trinajstić information content (AvgIpc) is 2.38. The number of hydrogen-bond donors (Lipinski definition) is 1. The van der Waals surface area contributed by atoms with E-state index < -0.39 is 0 Å². The fraction of sp³-hybridized carbons (Fsp3) is 0.200. The Hall–Kier alpha value is -2.36. The molecule has 1 aromatic carbocycles. The predicted molar refractivity (Wildman–Crippen MR) is 74.3 cm³/mol. The largest absolute Gasteiger partial charge is 0.497 e. The Labute approximate surface area is 112 Å². The Bertz CT molecular complexity index is 582. The summed E-state index contributed by atoms with van der Waals surface area (Å²) in [4.78, 5) is 16.0. The Morgan fingerprint density at radius 1 is 1.32 bits per heavy atom. The van der Waals surface area contributed by atoms with Crippen molar-refractivity contribution in [2.24, 2.45) is 0 Å². The van der Waals surface area contributed by atoms with Crippen LogP contribution in [0.4, 0.5) is 5.82 Å². The first kappa shape index (κ1) is 13.1. The first-order chi connectivity index (χ1) is 9.17. The number of ether oxygens (including phenoxy) is 1. The van der Waals surface area contributed by atoms with Crippen molar-refractivity contribution in [3.05, 3.63) is 53.7 Å². The SMILES string of the molecule is COc1cccc(CC(=O)Nc2cc(C)ccn2)c1. The molecule has 4 nitrogen and oxygen atoms in total. The molecule has 2 rings (SSSR count). The second-order valence-corrected chi connectivity index (χ2v) is 4.29. The molecular formula is C15H16N2O2. The molecule has 1 aromatic heterocycles. The fourth-order valence-corrected chi connectivity index (χ4v) is 1.76. The summed E-state index contributed by atoms with van der Waals surface area (Å²) < 4.78 is 5.13. The Morgan fingerprint density at radius 2 is 2.16 bits per heavy atom. The molecule has 19 heavy (non-hydrogen) atoms. The van der Waals surface area contributed by atoms with Crippen molar-refractivity contribution in [1.82, 2.24) is 4.98 Å². The summed E-state index contributed by atoms with van der Waals surface area (Å²) in [6.07, 6.45) is 1.98. The molecule has 98 valence electrons. The Kier molecular flexibility index (Phi) is 4.13. The third-order valence-electron chi connectivity index (χ3n) is 2.68. The maximum Gasteiger partial charge on any atom is 0.229 e. The minimum Gasteiger partial charge on any atom is -0.497 e. The summed E-state index contributed by atoms with van der Waals surface area (Å²) in [5, 5.41) is 2.78. The number of nitrogens with zero attached hydrogens (tertiary/aromatic N) is 1. The number of methoxy groups -OCH3 is 1. The van der Waals surface area contributed by atoms with Crippen molar-refractivity contribution < 1.29 is 9.53 Å². The maximum atomic E-state index is 11.9. The highest BCUT2D eigenvalue weighted by Crippen LogP contribution is 2.13.